The van der Waals surface area contributed by atoms with Crippen molar-refractivity contribution in [2.24, 2.45) is 5.16 Å². The SMILES string of the molecule is CCCn1c(=O)c2[nH]c(-c3cnn(CC4=NOC(c5ccc(F)cc5)C4)c3)nc2n(CCC)c1=O. The van der Waals surface area contributed by atoms with E-state index < -0.39 is 0 Å². The molecule has 5 rings (SSSR count). The Labute approximate surface area is 199 Å². The molecule has 182 valence electrons. The van der Waals surface area contributed by atoms with E-state index in [2.05, 4.69) is 20.2 Å². The molecule has 1 unspecified atom stereocenters. The van der Waals surface area contributed by atoms with Gasteiger partial charge in [0.25, 0.3) is 5.56 Å². The molecule has 0 saturated heterocycles. The summed E-state index contributed by atoms with van der Waals surface area (Å²) in [7, 11) is 0. The van der Waals surface area contributed by atoms with Crippen molar-refractivity contribution in [2.45, 2.75) is 58.8 Å². The van der Waals surface area contributed by atoms with E-state index in [4.69, 9.17) is 4.84 Å². The zero-order valence-corrected chi connectivity index (χ0v) is 19.6. The Kier molecular flexibility index (Phi) is 6.06. The second kappa shape index (κ2) is 9.32. The quantitative estimate of drug-likeness (QED) is 0.417. The molecule has 1 N–H and O–H groups in total. The van der Waals surface area contributed by atoms with Gasteiger partial charge < -0.3 is 9.82 Å². The molecule has 3 aromatic heterocycles. The number of rotatable bonds is 8. The Bertz CT molecular complexity index is 1510. The predicted molar refractivity (Wildman–Crippen MR) is 129 cm³/mol. The van der Waals surface area contributed by atoms with Gasteiger partial charge in [-0.25, -0.2) is 14.2 Å². The van der Waals surface area contributed by atoms with Gasteiger partial charge in [-0.3, -0.25) is 18.6 Å². The summed E-state index contributed by atoms with van der Waals surface area (Å²) in [5, 5.41) is 8.57. The minimum atomic E-state index is -0.366. The number of nitrogens with one attached hydrogen (secondary N) is 1. The number of aromatic amines is 1. The molecular formula is C24H26FN7O3. The minimum Gasteiger partial charge on any atom is -0.387 e. The average molecular weight is 480 g/mol. The number of oxime groups is 1. The molecule has 1 atom stereocenters. The van der Waals surface area contributed by atoms with E-state index >= 15 is 0 Å². The van der Waals surface area contributed by atoms with Crippen molar-refractivity contribution in [3.8, 4) is 11.4 Å². The summed E-state index contributed by atoms with van der Waals surface area (Å²) in [4.78, 5) is 39.0. The lowest BCUT2D eigenvalue weighted by Crippen LogP contribution is -2.40. The Morgan fingerprint density at radius 2 is 1.86 bits per heavy atom. The highest BCUT2D eigenvalue weighted by molar-refractivity contribution is 5.85. The third kappa shape index (κ3) is 4.29. The molecule has 0 fully saturated rings. The van der Waals surface area contributed by atoms with E-state index in [1.54, 1.807) is 33.8 Å². The van der Waals surface area contributed by atoms with E-state index in [-0.39, 0.29) is 23.2 Å². The summed E-state index contributed by atoms with van der Waals surface area (Å²) >= 11 is 0. The van der Waals surface area contributed by atoms with Crippen LogP contribution >= 0.6 is 0 Å². The van der Waals surface area contributed by atoms with E-state index in [9.17, 15) is 14.0 Å². The van der Waals surface area contributed by atoms with Crippen LogP contribution in [0, 0.1) is 5.82 Å². The number of benzene rings is 1. The number of fused-ring (bicyclic) bond motifs is 1. The summed E-state index contributed by atoms with van der Waals surface area (Å²) in [5.41, 5.74) is 2.31. The van der Waals surface area contributed by atoms with Gasteiger partial charge in [0.15, 0.2) is 11.8 Å². The van der Waals surface area contributed by atoms with Gasteiger partial charge in [-0.05, 0) is 30.5 Å². The normalized spacial score (nSPS) is 15.5. The van der Waals surface area contributed by atoms with Gasteiger partial charge in [-0.1, -0.05) is 31.1 Å². The fourth-order valence-corrected chi connectivity index (χ4v) is 4.28. The topological polar surface area (TPSA) is 112 Å². The van der Waals surface area contributed by atoms with Crippen LogP contribution in [0.1, 0.15) is 44.8 Å². The third-order valence-corrected chi connectivity index (χ3v) is 5.98. The highest BCUT2D eigenvalue weighted by Gasteiger charge is 2.24. The fraction of sp³-hybridized carbons (Fsp3) is 0.375. The number of H-pyrrole nitrogens is 1. The smallest absolute Gasteiger partial charge is 0.332 e. The average Bonchev–Trinajstić information content (AvgIpc) is 3.60. The Morgan fingerprint density at radius 3 is 2.60 bits per heavy atom. The summed E-state index contributed by atoms with van der Waals surface area (Å²) < 4.78 is 17.7. The number of hydrogen-bond donors (Lipinski definition) is 1. The molecule has 0 saturated carbocycles. The monoisotopic (exact) mass is 479 g/mol. The fourth-order valence-electron chi connectivity index (χ4n) is 4.28. The van der Waals surface area contributed by atoms with E-state index in [1.165, 1.54) is 16.7 Å². The molecule has 35 heavy (non-hydrogen) atoms. The Morgan fingerprint density at radius 1 is 1.11 bits per heavy atom. The van der Waals surface area contributed by atoms with Crippen LogP contribution in [0.2, 0.25) is 0 Å². The van der Waals surface area contributed by atoms with Crippen LogP contribution in [-0.2, 0) is 24.5 Å². The summed E-state index contributed by atoms with van der Waals surface area (Å²) in [5.74, 6) is 0.175. The predicted octanol–water partition coefficient (Wildman–Crippen LogP) is 3.23. The van der Waals surface area contributed by atoms with Crippen molar-refractivity contribution in [2.75, 3.05) is 0 Å². The molecule has 11 heteroatoms. The summed E-state index contributed by atoms with van der Waals surface area (Å²) in [6.07, 6.45) is 5.19. The molecule has 0 spiro atoms. The number of nitrogens with zero attached hydrogens (tertiary/aromatic N) is 6. The van der Waals surface area contributed by atoms with Crippen LogP contribution in [0.3, 0.4) is 0 Å². The van der Waals surface area contributed by atoms with Crippen molar-refractivity contribution < 1.29 is 9.23 Å². The van der Waals surface area contributed by atoms with Crippen molar-refractivity contribution in [1.29, 1.82) is 0 Å². The highest BCUT2D eigenvalue weighted by Crippen LogP contribution is 2.28. The molecule has 1 aliphatic rings. The molecule has 0 bridgehead atoms. The third-order valence-electron chi connectivity index (χ3n) is 5.98. The van der Waals surface area contributed by atoms with Crippen molar-refractivity contribution in [1.82, 2.24) is 28.9 Å². The van der Waals surface area contributed by atoms with Crippen LogP contribution in [0.15, 0.2) is 51.4 Å². The maximum absolute atomic E-state index is 13.2. The van der Waals surface area contributed by atoms with Gasteiger partial charge in [0.2, 0.25) is 0 Å². The van der Waals surface area contributed by atoms with Crippen LogP contribution in [-0.4, -0.2) is 34.6 Å². The lowest BCUT2D eigenvalue weighted by atomic mass is 10.0. The Balaban J connectivity index is 1.39. The number of aryl methyl sites for hydroxylation is 1. The molecule has 0 amide bonds. The molecule has 0 radical (unpaired) electrons. The highest BCUT2D eigenvalue weighted by atomic mass is 19.1. The van der Waals surface area contributed by atoms with Crippen molar-refractivity contribution in [3.05, 3.63) is 68.9 Å². The van der Waals surface area contributed by atoms with Gasteiger partial charge in [0.05, 0.1) is 24.0 Å². The molecule has 1 aromatic carbocycles. The second-order valence-electron chi connectivity index (χ2n) is 8.61. The lowest BCUT2D eigenvalue weighted by molar-refractivity contribution is 0.0856. The largest absolute Gasteiger partial charge is 0.387 e. The van der Waals surface area contributed by atoms with Gasteiger partial charge in [-0.15, -0.1) is 0 Å². The summed E-state index contributed by atoms with van der Waals surface area (Å²) in [6, 6.07) is 6.19. The first-order valence-electron chi connectivity index (χ1n) is 11.7. The van der Waals surface area contributed by atoms with Crippen molar-refractivity contribution in [3.63, 3.8) is 0 Å². The Hall–Kier alpha value is -4.02. The minimum absolute atomic E-state index is 0.253. The molecule has 4 heterocycles. The molecule has 4 aromatic rings. The first kappa shape index (κ1) is 22.8. The molecule has 10 nitrogen and oxygen atoms in total. The first-order valence-corrected chi connectivity index (χ1v) is 11.7. The number of aromatic nitrogens is 6. The van der Waals surface area contributed by atoms with E-state index in [1.807, 2.05) is 13.8 Å². The van der Waals surface area contributed by atoms with Gasteiger partial charge >= 0.3 is 5.69 Å². The van der Waals surface area contributed by atoms with Gasteiger partial charge in [0.1, 0.15) is 17.2 Å². The lowest BCUT2D eigenvalue weighted by Gasteiger charge is -2.09. The summed E-state index contributed by atoms with van der Waals surface area (Å²) in [6.45, 7) is 5.14. The van der Waals surface area contributed by atoms with E-state index in [0.29, 0.717) is 55.0 Å². The zero-order valence-electron chi connectivity index (χ0n) is 19.6. The number of halogens is 1. The first-order chi connectivity index (χ1) is 17.0. The second-order valence-corrected chi connectivity index (χ2v) is 8.61. The van der Waals surface area contributed by atoms with E-state index in [0.717, 1.165) is 17.7 Å². The molecular weight excluding hydrogens is 453 g/mol. The van der Waals surface area contributed by atoms with Crippen LogP contribution < -0.4 is 11.2 Å². The maximum atomic E-state index is 13.2. The van der Waals surface area contributed by atoms with Gasteiger partial charge in [-0.2, -0.15) is 5.10 Å². The molecule has 0 aliphatic carbocycles. The van der Waals surface area contributed by atoms with Crippen LogP contribution in [0.4, 0.5) is 4.39 Å². The maximum Gasteiger partial charge on any atom is 0.332 e. The number of hydrogen-bond acceptors (Lipinski definition) is 6. The van der Waals surface area contributed by atoms with Crippen LogP contribution in [0.25, 0.3) is 22.6 Å². The zero-order chi connectivity index (χ0) is 24.5. The van der Waals surface area contributed by atoms with Gasteiger partial charge in [0, 0.05) is 25.7 Å². The number of imidazole rings is 1. The standard InChI is InChI=1S/C24H26FN7O3/c1-3-9-31-22-20(23(33)32(10-4-2)24(31)34)27-21(28-22)16-12-26-30(13-16)14-18-11-19(35-29-18)15-5-7-17(25)8-6-15/h5-8,12-13,19H,3-4,9-11,14H2,1-2H3,(H,27,28). The van der Waals surface area contributed by atoms with Crippen LogP contribution in [0.5, 0.6) is 0 Å². The molecule has 1 aliphatic heterocycles. The van der Waals surface area contributed by atoms with Crippen molar-refractivity contribution >= 4 is 16.9 Å².